The number of nitrogens with one attached hydrogen (secondary N) is 1. The van der Waals surface area contributed by atoms with E-state index in [1.165, 1.54) is 19.3 Å². The lowest BCUT2D eigenvalue weighted by atomic mass is 9.69. The maximum absolute atomic E-state index is 10.9. The second-order valence-electron chi connectivity index (χ2n) is 7.20. The molecule has 0 saturated heterocycles. The summed E-state index contributed by atoms with van der Waals surface area (Å²) in [7, 11) is 0. The molecule has 110 valence electrons. The van der Waals surface area contributed by atoms with E-state index in [1.54, 1.807) is 10.9 Å². The Balaban J connectivity index is 1.73. The summed E-state index contributed by atoms with van der Waals surface area (Å²) in [6.07, 6.45) is 7.52. The van der Waals surface area contributed by atoms with Gasteiger partial charge < -0.3 is 11.1 Å². The molecule has 20 heavy (non-hydrogen) atoms. The molecule has 3 atom stereocenters. The molecule has 2 aliphatic rings. The van der Waals surface area contributed by atoms with Crippen molar-refractivity contribution in [2.75, 3.05) is 5.32 Å². The lowest BCUT2D eigenvalue weighted by molar-refractivity contribution is -0.118. The predicted molar refractivity (Wildman–Crippen MR) is 78.1 cm³/mol. The van der Waals surface area contributed by atoms with Gasteiger partial charge in [0.2, 0.25) is 5.91 Å². The predicted octanol–water partition coefficient (Wildman–Crippen LogP) is 2.00. The minimum atomic E-state index is -0.368. The smallest absolute Gasteiger partial charge is 0.239 e. The van der Waals surface area contributed by atoms with Crippen molar-refractivity contribution in [3.63, 3.8) is 0 Å². The van der Waals surface area contributed by atoms with Gasteiger partial charge in [0, 0.05) is 12.2 Å². The van der Waals surface area contributed by atoms with Crippen LogP contribution in [0.4, 0.5) is 5.69 Å². The van der Waals surface area contributed by atoms with Crippen molar-refractivity contribution in [3.8, 4) is 0 Å². The van der Waals surface area contributed by atoms with Crippen molar-refractivity contribution in [2.45, 2.75) is 52.6 Å². The zero-order chi connectivity index (χ0) is 14.5. The number of hydrogen-bond acceptors (Lipinski definition) is 3. The molecular formula is C15H24N4O. The zero-order valence-corrected chi connectivity index (χ0v) is 12.5. The third kappa shape index (κ3) is 1.83. The van der Waals surface area contributed by atoms with E-state index in [2.05, 4.69) is 31.2 Å². The topological polar surface area (TPSA) is 72.9 Å². The van der Waals surface area contributed by atoms with Crippen LogP contribution in [0.2, 0.25) is 0 Å². The molecule has 1 amide bonds. The lowest BCUT2D eigenvalue weighted by Crippen LogP contribution is -2.40. The average molecular weight is 276 g/mol. The van der Waals surface area contributed by atoms with Crippen molar-refractivity contribution in [2.24, 2.45) is 22.5 Å². The zero-order valence-electron chi connectivity index (χ0n) is 12.5. The molecule has 2 bridgehead atoms. The van der Waals surface area contributed by atoms with E-state index in [0.717, 1.165) is 11.6 Å². The van der Waals surface area contributed by atoms with Gasteiger partial charge in [0.1, 0.15) is 6.54 Å². The molecule has 1 heterocycles. The first kappa shape index (κ1) is 13.5. The van der Waals surface area contributed by atoms with E-state index in [0.29, 0.717) is 16.9 Å². The largest absolute Gasteiger partial charge is 0.379 e. The summed E-state index contributed by atoms with van der Waals surface area (Å²) in [6, 6.07) is 0.488. The fourth-order valence-electron chi connectivity index (χ4n) is 4.31. The first-order valence-electron chi connectivity index (χ1n) is 7.40. The molecule has 5 heteroatoms. The molecular weight excluding hydrogens is 252 g/mol. The fraction of sp³-hybridized carbons (Fsp3) is 0.733. The molecule has 2 fully saturated rings. The summed E-state index contributed by atoms with van der Waals surface area (Å²) in [5.74, 6) is 0.443. The van der Waals surface area contributed by atoms with Crippen molar-refractivity contribution in [1.82, 2.24) is 9.78 Å². The third-order valence-corrected chi connectivity index (χ3v) is 6.09. The standard InChI is InChI=1S/C15H24N4O/c1-14(2)10-4-5-15(14,3)12(6-10)18-11-7-17-19(8-11)9-13(16)20/h7-8,10,12,18H,4-6,9H2,1-3H3,(H2,16,20). The summed E-state index contributed by atoms with van der Waals surface area (Å²) in [4.78, 5) is 10.9. The fourth-order valence-corrected chi connectivity index (χ4v) is 4.31. The Labute approximate surface area is 119 Å². The molecule has 1 aromatic heterocycles. The monoisotopic (exact) mass is 276 g/mol. The van der Waals surface area contributed by atoms with E-state index in [9.17, 15) is 4.79 Å². The van der Waals surface area contributed by atoms with Crippen LogP contribution in [0.15, 0.2) is 12.4 Å². The molecule has 2 aliphatic carbocycles. The molecule has 3 rings (SSSR count). The molecule has 2 saturated carbocycles. The van der Waals surface area contributed by atoms with Crippen molar-refractivity contribution < 1.29 is 4.79 Å². The highest BCUT2D eigenvalue weighted by Crippen LogP contribution is 2.65. The second-order valence-corrected chi connectivity index (χ2v) is 7.20. The van der Waals surface area contributed by atoms with Crippen LogP contribution in [0, 0.1) is 16.7 Å². The molecule has 0 radical (unpaired) electrons. The summed E-state index contributed by atoms with van der Waals surface area (Å²) in [5, 5.41) is 7.80. The number of primary amides is 1. The number of amides is 1. The van der Waals surface area contributed by atoms with Gasteiger partial charge in [0.05, 0.1) is 11.9 Å². The summed E-state index contributed by atoms with van der Waals surface area (Å²) in [6.45, 7) is 7.36. The Morgan fingerprint density at radius 1 is 1.55 bits per heavy atom. The minimum absolute atomic E-state index is 0.137. The molecule has 3 N–H and O–H groups in total. The Bertz CT molecular complexity index is 536. The van der Waals surface area contributed by atoms with Crippen molar-refractivity contribution in [3.05, 3.63) is 12.4 Å². The summed E-state index contributed by atoms with van der Waals surface area (Å²) < 4.78 is 1.59. The Kier molecular flexibility index (Phi) is 2.85. The van der Waals surface area contributed by atoms with Crippen LogP contribution < -0.4 is 11.1 Å². The van der Waals surface area contributed by atoms with E-state index in [4.69, 9.17) is 5.73 Å². The van der Waals surface area contributed by atoms with Gasteiger partial charge in [-0.15, -0.1) is 0 Å². The summed E-state index contributed by atoms with van der Waals surface area (Å²) in [5.41, 5.74) is 6.90. The molecule has 1 aromatic rings. The maximum Gasteiger partial charge on any atom is 0.239 e. The number of carbonyl (C=O) groups excluding carboxylic acids is 1. The molecule has 0 spiro atoms. The van der Waals surface area contributed by atoms with Gasteiger partial charge >= 0.3 is 0 Å². The van der Waals surface area contributed by atoms with Gasteiger partial charge in [-0.3, -0.25) is 9.48 Å². The highest BCUT2D eigenvalue weighted by atomic mass is 16.1. The van der Waals surface area contributed by atoms with Gasteiger partial charge in [-0.25, -0.2) is 0 Å². The van der Waals surface area contributed by atoms with Crippen LogP contribution in [0.25, 0.3) is 0 Å². The Morgan fingerprint density at radius 2 is 2.30 bits per heavy atom. The lowest BCUT2D eigenvalue weighted by Gasteiger charge is -2.39. The summed E-state index contributed by atoms with van der Waals surface area (Å²) >= 11 is 0. The van der Waals surface area contributed by atoms with Crippen LogP contribution in [0.3, 0.4) is 0 Å². The number of carbonyl (C=O) groups is 1. The van der Waals surface area contributed by atoms with Crippen molar-refractivity contribution in [1.29, 1.82) is 0 Å². The number of aromatic nitrogens is 2. The van der Waals surface area contributed by atoms with Crippen LogP contribution in [0.5, 0.6) is 0 Å². The normalized spacial score (nSPS) is 34.4. The van der Waals surface area contributed by atoms with Crippen molar-refractivity contribution >= 4 is 11.6 Å². The number of nitrogens with zero attached hydrogens (tertiary/aromatic N) is 2. The highest BCUT2D eigenvalue weighted by Gasteiger charge is 2.61. The van der Waals surface area contributed by atoms with Gasteiger partial charge in [-0.2, -0.15) is 5.10 Å². The van der Waals surface area contributed by atoms with E-state index in [1.807, 2.05) is 6.20 Å². The number of fused-ring (bicyclic) bond motifs is 2. The van der Waals surface area contributed by atoms with Gasteiger partial charge in [-0.05, 0) is 36.0 Å². The first-order chi connectivity index (χ1) is 9.33. The van der Waals surface area contributed by atoms with Gasteiger partial charge in [0.25, 0.3) is 0 Å². The van der Waals surface area contributed by atoms with E-state index < -0.39 is 0 Å². The minimum Gasteiger partial charge on any atom is -0.379 e. The molecule has 0 aliphatic heterocycles. The molecule has 3 unspecified atom stereocenters. The van der Waals surface area contributed by atoms with E-state index >= 15 is 0 Å². The van der Waals surface area contributed by atoms with Crippen LogP contribution >= 0.6 is 0 Å². The van der Waals surface area contributed by atoms with Gasteiger partial charge in [-0.1, -0.05) is 20.8 Å². The van der Waals surface area contributed by atoms with Crippen LogP contribution in [0.1, 0.15) is 40.0 Å². The SMILES string of the molecule is CC1(C)C2CCC1(C)C(Nc1cnn(CC(N)=O)c1)C2. The van der Waals surface area contributed by atoms with Crippen LogP contribution in [-0.2, 0) is 11.3 Å². The first-order valence-corrected chi connectivity index (χ1v) is 7.40. The quantitative estimate of drug-likeness (QED) is 0.883. The van der Waals surface area contributed by atoms with E-state index in [-0.39, 0.29) is 12.5 Å². The van der Waals surface area contributed by atoms with Crippen LogP contribution in [-0.4, -0.2) is 21.7 Å². The highest BCUT2D eigenvalue weighted by molar-refractivity contribution is 5.73. The van der Waals surface area contributed by atoms with Gasteiger partial charge in [0.15, 0.2) is 0 Å². The number of anilines is 1. The third-order valence-electron chi connectivity index (χ3n) is 6.09. The number of rotatable bonds is 4. The Morgan fingerprint density at radius 3 is 2.85 bits per heavy atom. The molecule has 5 nitrogen and oxygen atoms in total. The second kappa shape index (κ2) is 4.24. The molecule has 0 aromatic carbocycles. The number of hydrogen-bond donors (Lipinski definition) is 2. The number of nitrogens with two attached hydrogens (primary N) is 1. The maximum atomic E-state index is 10.9. The Hall–Kier alpha value is -1.52. The average Bonchev–Trinajstić information content (AvgIpc) is 2.91.